The number of carbonyl (C=O) groups is 1. The molecular formula is C17H14Cl2N2O3. The Morgan fingerprint density at radius 3 is 2.71 bits per heavy atom. The van der Waals surface area contributed by atoms with Crippen LogP contribution in [0.15, 0.2) is 30.3 Å². The Kier molecular flexibility index (Phi) is 4.47. The summed E-state index contributed by atoms with van der Waals surface area (Å²) in [5.74, 6) is -0.338. The van der Waals surface area contributed by atoms with Crippen LogP contribution in [0.5, 0.6) is 0 Å². The van der Waals surface area contributed by atoms with Gasteiger partial charge >= 0.3 is 0 Å². The molecule has 0 fully saturated rings. The van der Waals surface area contributed by atoms with E-state index in [2.05, 4.69) is 0 Å². The molecule has 1 amide bonds. The van der Waals surface area contributed by atoms with Gasteiger partial charge in [-0.25, -0.2) is 0 Å². The highest BCUT2D eigenvalue weighted by Crippen LogP contribution is 2.35. The molecule has 0 saturated carbocycles. The van der Waals surface area contributed by atoms with Gasteiger partial charge < -0.3 is 4.90 Å². The molecule has 0 unspecified atom stereocenters. The number of fused-ring (bicyclic) bond motifs is 1. The largest absolute Gasteiger partial charge is 0.308 e. The molecule has 1 heterocycles. The average molecular weight is 365 g/mol. The fourth-order valence-electron chi connectivity index (χ4n) is 3.06. The predicted octanol–water partition coefficient (Wildman–Crippen LogP) is 4.80. The van der Waals surface area contributed by atoms with Crippen LogP contribution in [0.3, 0.4) is 0 Å². The van der Waals surface area contributed by atoms with Crippen LogP contribution < -0.4 is 4.90 Å². The van der Waals surface area contributed by atoms with Gasteiger partial charge in [0.1, 0.15) is 0 Å². The number of benzene rings is 2. The summed E-state index contributed by atoms with van der Waals surface area (Å²) in [6.07, 6.45) is 1.63. The monoisotopic (exact) mass is 364 g/mol. The highest BCUT2D eigenvalue weighted by molar-refractivity contribution is 6.34. The number of hydrogen-bond donors (Lipinski definition) is 0. The van der Waals surface area contributed by atoms with Crippen molar-refractivity contribution < 1.29 is 9.72 Å². The van der Waals surface area contributed by atoms with Crippen LogP contribution in [0.1, 0.15) is 27.9 Å². The summed E-state index contributed by atoms with van der Waals surface area (Å²) in [6, 6.07) is 7.56. The van der Waals surface area contributed by atoms with E-state index < -0.39 is 4.92 Å². The van der Waals surface area contributed by atoms with Crippen molar-refractivity contribution in [3.05, 3.63) is 67.2 Å². The van der Waals surface area contributed by atoms with Crippen molar-refractivity contribution in [1.82, 2.24) is 0 Å². The van der Waals surface area contributed by atoms with Gasteiger partial charge in [0, 0.05) is 23.7 Å². The lowest BCUT2D eigenvalue weighted by molar-refractivity contribution is -0.384. The Balaban J connectivity index is 2.07. The zero-order chi connectivity index (χ0) is 17.4. The molecule has 0 spiro atoms. The predicted molar refractivity (Wildman–Crippen MR) is 94.3 cm³/mol. The minimum Gasteiger partial charge on any atom is -0.308 e. The molecule has 0 radical (unpaired) electrons. The first kappa shape index (κ1) is 16.7. The van der Waals surface area contributed by atoms with Crippen LogP contribution >= 0.6 is 23.2 Å². The molecule has 0 atom stereocenters. The van der Waals surface area contributed by atoms with Gasteiger partial charge in [-0.1, -0.05) is 23.2 Å². The second kappa shape index (κ2) is 6.42. The number of nitro benzene ring substituents is 1. The molecule has 2 aromatic rings. The van der Waals surface area contributed by atoms with Gasteiger partial charge in [-0.15, -0.1) is 0 Å². The van der Waals surface area contributed by atoms with E-state index in [9.17, 15) is 14.9 Å². The molecule has 0 bridgehead atoms. The number of non-ortho nitro benzene ring substituents is 1. The number of halogens is 2. The number of nitro groups is 1. The van der Waals surface area contributed by atoms with Crippen molar-refractivity contribution in [1.29, 1.82) is 0 Å². The number of carbonyl (C=O) groups excluding carboxylic acids is 1. The van der Waals surface area contributed by atoms with Gasteiger partial charge in [0.15, 0.2) is 0 Å². The Hall–Kier alpha value is -2.11. The fourth-order valence-corrected chi connectivity index (χ4v) is 3.55. The maximum absolute atomic E-state index is 13.0. The van der Waals surface area contributed by atoms with Crippen molar-refractivity contribution in [2.24, 2.45) is 0 Å². The highest BCUT2D eigenvalue weighted by Gasteiger charge is 2.28. The van der Waals surface area contributed by atoms with Gasteiger partial charge in [0.2, 0.25) is 0 Å². The van der Waals surface area contributed by atoms with E-state index in [1.165, 1.54) is 18.2 Å². The molecule has 5 nitrogen and oxygen atoms in total. The van der Waals surface area contributed by atoms with Crippen LogP contribution in [0.4, 0.5) is 11.4 Å². The lowest BCUT2D eigenvalue weighted by atomic mass is 9.97. The third-order valence-electron chi connectivity index (χ3n) is 4.08. The van der Waals surface area contributed by atoms with Gasteiger partial charge in [-0.3, -0.25) is 14.9 Å². The summed E-state index contributed by atoms with van der Waals surface area (Å²) in [6.45, 7) is 2.43. The molecule has 0 N–H and O–H groups in total. The van der Waals surface area contributed by atoms with Gasteiger partial charge in [-0.05, 0) is 49.1 Å². The number of rotatable bonds is 2. The van der Waals surface area contributed by atoms with Crippen molar-refractivity contribution in [2.45, 2.75) is 19.8 Å². The van der Waals surface area contributed by atoms with Gasteiger partial charge in [-0.2, -0.15) is 0 Å². The molecule has 0 aromatic heterocycles. The summed E-state index contributed by atoms with van der Waals surface area (Å²) >= 11 is 12.2. The maximum atomic E-state index is 13.0. The van der Waals surface area contributed by atoms with E-state index >= 15 is 0 Å². The maximum Gasteiger partial charge on any atom is 0.270 e. The van der Waals surface area contributed by atoms with E-state index in [0.717, 1.165) is 29.7 Å². The Morgan fingerprint density at radius 1 is 1.25 bits per heavy atom. The Bertz CT molecular complexity index is 852. The molecular weight excluding hydrogens is 351 g/mol. The van der Waals surface area contributed by atoms with E-state index in [4.69, 9.17) is 23.2 Å². The van der Waals surface area contributed by atoms with Crippen molar-refractivity contribution in [2.75, 3.05) is 11.4 Å². The lowest BCUT2D eigenvalue weighted by Gasteiger charge is -2.31. The van der Waals surface area contributed by atoms with Crippen molar-refractivity contribution in [3.63, 3.8) is 0 Å². The van der Waals surface area contributed by atoms with Crippen LogP contribution in [0.2, 0.25) is 10.0 Å². The van der Waals surface area contributed by atoms with E-state index in [1.807, 2.05) is 13.0 Å². The zero-order valence-corrected chi connectivity index (χ0v) is 14.4. The van der Waals surface area contributed by atoms with Crippen molar-refractivity contribution >= 4 is 40.5 Å². The normalized spacial score (nSPS) is 13.5. The molecule has 0 saturated heterocycles. The minimum atomic E-state index is -0.539. The first-order chi connectivity index (χ1) is 11.4. The smallest absolute Gasteiger partial charge is 0.270 e. The molecule has 2 aromatic carbocycles. The number of nitrogens with zero attached hydrogens (tertiary/aromatic N) is 2. The number of anilines is 1. The number of amides is 1. The first-order valence-electron chi connectivity index (χ1n) is 7.43. The fraction of sp³-hybridized carbons (Fsp3) is 0.235. The third-order valence-corrected chi connectivity index (χ3v) is 4.63. The molecule has 24 heavy (non-hydrogen) atoms. The first-order valence-corrected chi connectivity index (χ1v) is 8.19. The standard InChI is InChI=1S/C17H14Cl2N2O3/c1-10-7-12(18)8-11-3-2-6-20(16(10)11)17(22)14-9-13(21(23)24)4-5-15(14)19/h4-5,7-9H,2-3,6H2,1H3. The molecule has 0 aliphatic carbocycles. The summed E-state index contributed by atoms with van der Waals surface area (Å²) in [4.78, 5) is 25.1. The molecule has 7 heteroatoms. The average Bonchev–Trinajstić information content (AvgIpc) is 2.53. The van der Waals surface area contributed by atoms with Gasteiger partial charge in [0.25, 0.3) is 11.6 Å². The molecule has 1 aliphatic rings. The summed E-state index contributed by atoms with van der Waals surface area (Å²) in [7, 11) is 0. The highest BCUT2D eigenvalue weighted by atomic mass is 35.5. The van der Waals surface area contributed by atoms with Crippen LogP contribution in [0.25, 0.3) is 0 Å². The summed E-state index contributed by atoms with van der Waals surface area (Å²) < 4.78 is 0. The summed E-state index contributed by atoms with van der Waals surface area (Å²) in [5.41, 5.74) is 2.69. The molecule has 124 valence electrons. The van der Waals surface area contributed by atoms with Crippen LogP contribution in [-0.4, -0.2) is 17.4 Å². The SMILES string of the molecule is Cc1cc(Cl)cc2c1N(C(=O)c1cc([N+](=O)[O-])ccc1Cl)CCC2. The Morgan fingerprint density at radius 2 is 2.00 bits per heavy atom. The minimum absolute atomic E-state index is 0.132. The second-order valence-corrected chi connectivity index (χ2v) is 6.56. The van der Waals surface area contributed by atoms with E-state index in [0.29, 0.717) is 11.6 Å². The Labute approximate surface area is 148 Å². The molecule has 1 aliphatic heterocycles. The third kappa shape index (κ3) is 2.97. The number of aryl methyl sites for hydroxylation is 2. The lowest BCUT2D eigenvalue weighted by Crippen LogP contribution is -2.36. The van der Waals surface area contributed by atoms with E-state index in [1.54, 1.807) is 11.0 Å². The van der Waals surface area contributed by atoms with Crippen molar-refractivity contribution in [3.8, 4) is 0 Å². The summed E-state index contributed by atoms with van der Waals surface area (Å²) in [5, 5.41) is 11.8. The molecule has 3 rings (SSSR count). The quantitative estimate of drug-likeness (QED) is 0.567. The topological polar surface area (TPSA) is 63.5 Å². The zero-order valence-electron chi connectivity index (χ0n) is 12.9. The second-order valence-electron chi connectivity index (χ2n) is 5.71. The van der Waals surface area contributed by atoms with Crippen LogP contribution in [0, 0.1) is 17.0 Å². The van der Waals surface area contributed by atoms with Gasteiger partial charge in [0.05, 0.1) is 21.2 Å². The van der Waals surface area contributed by atoms with Crippen LogP contribution in [-0.2, 0) is 6.42 Å². The van der Waals surface area contributed by atoms with E-state index in [-0.39, 0.29) is 22.2 Å². The number of hydrogen-bond acceptors (Lipinski definition) is 3.